The van der Waals surface area contributed by atoms with Gasteiger partial charge < -0.3 is 15.5 Å². The maximum absolute atomic E-state index is 11.6. The van der Waals surface area contributed by atoms with Crippen LogP contribution < -0.4 is 11.1 Å². The predicted molar refractivity (Wildman–Crippen MR) is 71.2 cm³/mol. The second-order valence-corrected chi connectivity index (χ2v) is 4.64. The Morgan fingerprint density at radius 2 is 2.11 bits per heavy atom. The molecule has 0 saturated carbocycles. The molecule has 0 spiro atoms. The van der Waals surface area contributed by atoms with Crippen molar-refractivity contribution in [1.82, 2.24) is 15.5 Å². The fraction of sp³-hybridized carbons (Fsp3) is 0.250. The molecule has 19 heavy (non-hydrogen) atoms. The van der Waals surface area contributed by atoms with Gasteiger partial charge in [-0.05, 0) is 5.56 Å². The average Bonchev–Trinajstić information content (AvgIpc) is 2.92. The third-order valence-electron chi connectivity index (χ3n) is 2.28. The van der Waals surface area contributed by atoms with Crippen molar-refractivity contribution < 1.29 is 9.21 Å². The highest BCUT2D eigenvalue weighted by molar-refractivity contribution is 7.99. The first-order chi connectivity index (χ1) is 9.28. The number of thioether (sulfide) groups is 1. The highest BCUT2D eigenvalue weighted by Crippen LogP contribution is 2.15. The zero-order valence-electron chi connectivity index (χ0n) is 10.2. The Balaban J connectivity index is 1.73. The molecule has 0 saturated heterocycles. The zero-order chi connectivity index (χ0) is 13.5. The summed E-state index contributed by atoms with van der Waals surface area (Å²) in [6.07, 6.45) is 0. The summed E-state index contributed by atoms with van der Waals surface area (Å²) in [5.74, 6) is 0.521. The number of hydrogen-bond acceptors (Lipinski definition) is 6. The first-order valence-electron chi connectivity index (χ1n) is 5.74. The number of benzene rings is 1. The molecule has 6 nitrogen and oxygen atoms in total. The third-order valence-corrected chi connectivity index (χ3v) is 3.10. The first kappa shape index (κ1) is 13.6. The lowest BCUT2D eigenvalue weighted by molar-refractivity contribution is -0.118. The summed E-state index contributed by atoms with van der Waals surface area (Å²) in [7, 11) is 0. The molecule has 0 aliphatic rings. The zero-order valence-corrected chi connectivity index (χ0v) is 11.0. The Labute approximate surface area is 114 Å². The number of hydrogen-bond donors (Lipinski definition) is 2. The van der Waals surface area contributed by atoms with Crippen molar-refractivity contribution in [1.29, 1.82) is 0 Å². The van der Waals surface area contributed by atoms with E-state index in [9.17, 15) is 4.79 Å². The normalized spacial score (nSPS) is 10.4. The maximum Gasteiger partial charge on any atom is 0.277 e. The van der Waals surface area contributed by atoms with Crippen LogP contribution >= 0.6 is 11.8 Å². The monoisotopic (exact) mass is 278 g/mol. The fourth-order valence-electron chi connectivity index (χ4n) is 1.35. The van der Waals surface area contributed by atoms with Gasteiger partial charge in [-0.15, -0.1) is 10.2 Å². The number of carbonyl (C=O) groups excluding carboxylic acids is 1. The average molecular weight is 278 g/mol. The van der Waals surface area contributed by atoms with Crippen LogP contribution in [0, 0.1) is 0 Å². The van der Waals surface area contributed by atoms with E-state index in [1.165, 1.54) is 11.8 Å². The van der Waals surface area contributed by atoms with Crippen molar-refractivity contribution in [2.75, 3.05) is 5.75 Å². The number of rotatable bonds is 6. The standard InChI is InChI=1S/C12H14N4O2S/c13-6-11-15-16-12(18-11)19-8-10(17)14-7-9-4-2-1-3-5-9/h1-5H,6-8,13H2,(H,14,17). The second-order valence-electron chi connectivity index (χ2n) is 3.72. The Morgan fingerprint density at radius 3 is 2.79 bits per heavy atom. The molecular weight excluding hydrogens is 264 g/mol. The van der Waals surface area contributed by atoms with Crippen LogP contribution in [0.15, 0.2) is 40.0 Å². The van der Waals surface area contributed by atoms with E-state index in [4.69, 9.17) is 10.2 Å². The lowest BCUT2D eigenvalue weighted by Gasteiger charge is -2.03. The maximum atomic E-state index is 11.6. The minimum atomic E-state index is -0.0821. The molecule has 100 valence electrons. The van der Waals surface area contributed by atoms with E-state index >= 15 is 0 Å². The number of carbonyl (C=O) groups is 1. The highest BCUT2D eigenvalue weighted by atomic mass is 32.2. The van der Waals surface area contributed by atoms with Gasteiger partial charge in [-0.2, -0.15) is 0 Å². The SMILES string of the molecule is NCc1nnc(SCC(=O)NCc2ccccc2)o1. The summed E-state index contributed by atoms with van der Waals surface area (Å²) < 4.78 is 5.18. The molecule has 0 atom stereocenters. The molecule has 0 bridgehead atoms. The van der Waals surface area contributed by atoms with Crippen LogP contribution in [0.4, 0.5) is 0 Å². The summed E-state index contributed by atoms with van der Waals surface area (Å²) in [5.41, 5.74) is 6.41. The van der Waals surface area contributed by atoms with Crippen LogP contribution in [0.25, 0.3) is 0 Å². The lowest BCUT2D eigenvalue weighted by Crippen LogP contribution is -2.24. The molecule has 0 aliphatic heterocycles. The van der Waals surface area contributed by atoms with Crippen LogP contribution in [0.2, 0.25) is 0 Å². The molecule has 1 aromatic carbocycles. The van der Waals surface area contributed by atoms with E-state index in [0.29, 0.717) is 17.7 Å². The van der Waals surface area contributed by atoms with E-state index in [0.717, 1.165) is 5.56 Å². The Morgan fingerprint density at radius 1 is 1.32 bits per heavy atom. The molecule has 1 aromatic heterocycles. The van der Waals surface area contributed by atoms with Crippen molar-refractivity contribution in [3.05, 3.63) is 41.8 Å². The smallest absolute Gasteiger partial charge is 0.277 e. The summed E-state index contributed by atoms with van der Waals surface area (Å²) in [4.78, 5) is 11.6. The molecule has 1 heterocycles. The van der Waals surface area contributed by atoms with Gasteiger partial charge in [0.25, 0.3) is 5.22 Å². The molecule has 2 aromatic rings. The molecule has 0 radical (unpaired) electrons. The van der Waals surface area contributed by atoms with Crippen molar-refractivity contribution >= 4 is 17.7 Å². The number of aromatic nitrogens is 2. The molecule has 2 rings (SSSR count). The van der Waals surface area contributed by atoms with Gasteiger partial charge in [-0.3, -0.25) is 4.79 Å². The van der Waals surface area contributed by atoms with E-state index in [1.54, 1.807) is 0 Å². The van der Waals surface area contributed by atoms with Crippen molar-refractivity contribution in [2.45, 2.75) is 18.3 Å². The van der Waals surface area contributed by atoms with E-state index in [2.05, 4.69) is 15.5 Å². The van der Waals surface area contributed by atoms with Crippen LogP contribution in [0.5, 0.6) is 0 Å². The van der Waals surface area contributed by atoms with E-state index in [-0.39, 0.29) is 18.2 Å². The topological polar surface area (TPSA) is 94.0 Å². The molecular formula is C12H14N4O2S. The summed E-state index contributed by atoms with van der Waals surface area (Å²) in [6.45, 7) is 0.714. The van der Waals surface area contributed by atoms with Crippen LogP contribution in [0.3, 0.4) is 0 Å². The molecule has 0 unspecified atom stereocenters. The molecule has 3 N–H and O–H groups in total. The summed E-state index contributed by atoms with van der Waals surface area (Å²) >= 11 is 1.19. The number of nitrogens with one attached hydrogen (secondary N) is 1. The largest absolute Gasteiger partial charge is 0.415 e. The summed E-state index contributed by atoms with van der Waals surface area (Å²) in [6, 6.07) is 9.72. The van der Waals surface area contributed by atoms with Gasteiger partial charge in [0.1, 0.15) is 0 Å². The summed E-state index contributed by atoms with van der Waals surface area (Å²) in [5, 5.41) is 10.6. The van der Waals surface area contributed by atoms with E-state index in [1.807, 2.05) is 30.3 Å². The Kier molecular flexibility index (Phi) is 4.93. The lowest BCUT2D eigenvalue weighted by atomic mass is 10.2. The number of nitrogens with two attached hydrogens (primary N) is 1. The van der Waals surface area contributed by atoms with Gasteiger partial charge in [-0.25, -0.2) is 0 Å². The van der Waals surface area contributed by atoms with Crippen LogP contribution in [-0.4, -0.2) is 21.9 Å². The van der Waals surface area contributed by atoms with E-state index < -0.39 is 0 Å². The molecule has 0 aliphatic carbocycles. The second kappa shape index (κ2) is 6.91. The minimum Gasteiger partial charge on any atom is -0.415 e. The minimum absolute atomic E-state index is 0.0821. The molecule has 0 fully saturated rings. The predicted octanol–water partition coefficient (Wildman–Crippen LogP) is 0.937. The first-order valence-corrected chi connectivity index (χ1v) is 6.72. The highest BCUT2D eigenvalue weighted by Gasteiger charge is 2.08. The molecule has 1 amide bonds. The van der Waals surface area contributed by atoms with Gasteiger partial charge in [-0.1, -0.05) is 42.1 Å². The van der Waals surface area contributed by atoms with Crippen molar-refractivity contribution in [3.63, 3.8) is 0 Å². The third kappa shape index (κ3) is 4.38. The van der Waals surface area contributed by atoms with Gasteiger partial charge in [0.05, 0.1) is 12.3 Å². The number of amides is 1. The number of nitrogens with zero attached hydrogens (tertiary/aromatic N) is 2. The Bertz CT molecular complexity index is 530. The van der Waals surface area contributed by atoms with Gasteiger partial charge in [0.15, 0.2) is 0 Å². The quantitative estimate of drug-likeness (QED) is 0.764. The van der Waals surface area contributed by atoms with Crippen molar-refractivity contribution in [3.8, 4) is 0 Å². The van der Waals surface area contributed by atoms with Gasteiger partial charge in [0, 0.05) is 6.54 Å². The van der Waals surface area contributed by atoms with Crippen molar-refractivity contribution in [2.24, 2.45) is 5.73 Å². The van der Waals surface area contributed by atoms with Gasteiger partial charge >= 0.3 is 0 Å². The fourth-order valence-corrected chi connectivity index (χ4v) is 1.96. The van der Waals surface area contributed by atoms with Crippen LogP contribution in [-0.2, 0) is 17.9 Å². The molecule has 7 heteroatoms. The van der Waals surface area contributed by atoms with Crippen LogP contribution in [0.1, 0.15) is 11.5 Å². The Hall–Kier alpha value is -1.86. The van der Waals surface area contributed by atoms with Gasteiger partial charge in [0.2, 0.25) is 11.8 Å².